The first-order valence-corrected chi connectivity index (χ1v) is 8.29. The van der Waals surface area contributed by atoms with Crippen LogP contribution in [0.1, 0.15) is 31.3 Å². The second kappa shape index (κ2) is 6.46. The number of rotatable bonds is 3. The number of hydrogen-bond acceptors (Lipinski definition) is 4. The fraction of sp³-hybridized carbons (Fsp3) is 0.211. The van der Waals surface area contributed by atoms with Gasteiger partial charge in [0.1, 0.15) is 16.9 Å². The van der Waals surface area contributed by atoms with Crippen LogP contribution in [0.2, 0.25) is 5.02 Å². The van der Waals surface area contributed by atoms with Gasteiger partial charge in [-0.2, -0.15) is 0 Å². The third-order valence-electron chi connectivity index (χ3n) is 3.56. The minimum absolute atomic E-state index is 0.251. The molecule has 0 bridgehead atoms. The monoisotopic (exact) mass is 372 g/mol. The molecule has 0 unspecified atom stereocenters. The Kier molecular flexibility index (Phi) is 4.46. The maximum Gasteiger partial charge on any atom is 0.360 e. The lowest BCUT2D eigenvalue weighted by molar-refractivity contribution is 0.0688. The average molecular weight is 373 g/mol. The van der Waals surface area contributed by atoms with Crippen molar-refractivity contribution in [2.24, 2.45) is 0 Å². The first-order valence-electron chi connectivity index (χ1n) is 7.91. The van der Waals surface area contributed by atoms with Crippen molar-refractivity contribution in [3.63, 3.8) is 0 Å². The normalized spacial score (nSPS) is 11.5. The fourth-order valence-electron chi connectivity index (χ4n) is 2.58. The van der Waals surface area contributed by atoms with Crippen molar-refractivity contribution in [3.8, 4) is 11.4 Å². The minimum atomic E-state index is -1.40. The molecule has 0 aliphatic rings. The standard InChI is InChI=1S/C19H17ClN2O4/c1-19(2,3)26-12-9-7-11(8-10-12)22-14-6-4-5-13(20)15(14)21-16(17(22)23)18(24)25/h4-10H,1-3H3,(H,24,25). The third-order valence-corrected chi connectivity index (χ3v) is 3.86. The molecule has 0 saturated carbocycles. The van der Waals surface area contributed by atoms with Crippen molar-refractivity contribution in [3.05, 3.63) is 63.5 Å². The zero-order chi connectivity index (χ0) is 19.1. The van der Waals surface area contributed by atoms with E-state index in [-0.39, 0.29) is 16.1 Å². The molecule has 0 atom stereocenters. The van der Waals surface area contributed by atoms with Crippen molar-refractivity contribution in [1.82, 2.24) is 9.55 Å². The van der Waals surface area contributed by atoms with E-state index in [9.17, 15) is 14.7 Å². The number of carboxylic acids is 1. The Morgan fingerprint density at radius 1 is 1.15 bits per heavy atom. The predicted molar refractivity (Wildman–Crippen MR) is 99.7 cm³/mol. The maximum atomic E-state index is 12.7. The van der Waals surface area contributed by atoms with E-state index < -0.39 is 17.2 Å². The highest BCUT2D eigenvalue weighted by Crippen LogP contribution is 2.24. The number of halogens is 1. The molecule has 0 aliphatic carbocycles. The number of nitrogens with zero attached hydrogens (tertiary/aromatic N) is 2. The molecule has 7 heteroatoms. The Bertz CT molecular complexity index is 1050. The number of ether oxygens (including phenoxy) is 1. The summed E-state index contributed by atoms with van der Waals surface area (Å²) >= 11 is 6.15. The van der Waals surface area contributed by atoms with Gasteiger partial charge in [-0.25, -0.2) is 9.78 Å². The Labute approximate surface area is 154 Å². The number of aromatic nitrogens is 2. The fourth-order valence-corrected chi connectivity index (χ4v) is 2.79. The average Bonchev–Trinajstić information content (AvgIpc) is 2.54. The van der Waals surface area contributed by atoms with E-state index in [1.54, 1.807) is 42.5 Å². The first kappa shape index (κ1) is 17.9. The minimum Gasteiger partial charge on any atom is -0.488 e. The van der Waals surface area contributed by atoms with E-state index in [0.29, 0.717) is 17.0 Å². The summed E-state index contributed by atoms with van der Waals surface area (Å²) in [5.74, 6) is -0.762. The maximum absolute atomic E-state index is 12.7. The largest absolute Gasteiger partial charge is 0.488 e. The lowest BCUT2D eigenvalue weighted by atomic mass is 10.2. The van der Waals surface area contributed by atoms with Gasteiger partial charge in [-0.05, 0) is 57.2 Å². The van der Waals surface area contributed by atoms with Gasteiger partial charge in [0.25, 0.3) is 5.56 Å². The Balaban J connectivity index is 2.24. The lowest BCUT2D eigenvalue weighted by Crippen LogP contribution is -2.27. The summed E-state index contributed by atoms with van der Waals surface area (Å²) in [5.41, 5.74) is -0.491. The van der Waals surface area contributed by atoms with Gasteiger partial charge in [0, 0.05) is 5.69 Å². The van der Waals surface area contributed by atoms with Gasteiger partial charge in [0.15, 0.2) is 0 Å². The smallest absolute Gasteiger partial charge is 0.360 e. The summed E-state index contributed by atoms with van der Waals surface area (Å²) in [6.07, 6.45) is 0. The quantitative estimate of drug-likeness (QED) is 0.753. The number of carboxylic acid groups (broad SMARTS) is 1. The molecular formula is C19H17ClN2O4. The van der Waals surface area contributed by atoms with Crippen LogP contribution in [-0.4, -0.2) is 26.2 Å². The van der Waals surface area contributed by atoms with Crippen LogP contribution in [0, 0.1) is 0 Å². The van der Waals surface area contributed by atoms with Gasteiger partial charge in [-0.15, -0.1) is 0 Å². The summed E-state index contributed by atoms with van der Waals surface area (Å²) in [6.45, 7) is 5.80. The summed E-state index contributed by atoms with van der Waals surface area (Å²) in [4.78, 5) is 28.1. The molecule has 2 aromatic carbocycles. The van der Waals surface area contributed by atoms with E-state index in [0.717, 1.165) is 0 Å². The molecule has 0 spiro atoms. The third kappa shape index (κ3) is 3.41. The van der Waals surface area contributed by atoms with Crippen LogP contribution in [0.4, 0.5) is 0 Å². The molecule has 0 saturated heterocycles. The van der Waals surface area contributed by atoms with E-state index in [1.165, 1.54) is 4.57 Å². The highest BCUT2D eigenvalue weighted by molar-refractivity contribution is 6.34. The molecule has 6 nitrogen and oxygen atoms in total. The molecule has 134 valence electrons. The van der Waals surface area contributed by atoms with Gasteiger partial charge in [0.2, 0.25) is 5.69 Å². The molecule has 3 aromatic rings. The van der Waals surface area contributed by atoms with Crippen molar-refractivity contribution in [1.29, 1.82) is 0 Å². The highest BCUT2D eigenvalue weighted by atomic mass is 35.5. The number of para-hydroxylation sites is 1. The molecule has 1 heterocycles. The predicted octanol–water partition coefficient (Wildman–Crippen LogP) is 3.91. The Morgan fingerprint density at radius 2 is 1.81 bits per heavy atom. The van der Waals surface area contributed by atoms with Crippen molar-refractivity contribution < 1.29 is 14.6 Å². The molecule has 3 rings (SSSR count). The molecule has 0 amide bonds. The zero-order valence-corrected chi connectivity index (χ0v) is 15.2. The summed E-state index contributed by atoms with van der Waals surface area (Å²) in [5, 5.41) is 9.59. The van der Waals surface area contributed by atoms with E-state index in [1.807, 2.05) is 20.8 Å². The molecule has 0 aliphatic heterocycles. The van der Waals surface area contributed by atoms with Crippen LogP contribution >= 0.6 is 11.6 Å². The second-order valence-corrected chi connectivity index (χ2v) is 7.13. The number of aromatic carboxylic acids is 1. The van der Waals surface area contributed by atoms with E-state index >= 15 is 0 Å². The van der Waals surface area contributed by atoms with Crippen molar-refractivity contribution in [2.75, 3.05) is 0 Å². The Hall–Kier alpha value is -2.86. The summed E-state index contributed by atoms with van der Waals surface area (Å²) in [6, 6.07) is 11.8. The van der Waals surface area contributed by atoms with Gasteiger partial charge in [0.05, 0.1) is 10.5 Å². The van der Waals surface area contributed by atoms with Crippen LogP contribution < -0.4 is 10.3 Å². The first-order chi connectivity index (χ1) is 12.2. The topological polar surface area (TPSA) is 81.4 Å². The van der Waals surface area contributed by atoms with Crippen LogP contribution in [0.15, 0.2) is 47.3 Å². The molecular weight excluding hydrogens is 356 g/mol. The summed E-state index contributed by atoms with van der Waals surface area (Å²) < 4.78 is 7.07. The van der Waals surface area contributed by atoms with Gasteiger partial charge < -0.3 is 9.84 Å². The zero-order valence-electron chi connectivity index (χ0n) is 14.5. The van der Waals surface area contributed by atoms with Gasteiger partial charge in [-0.1, -0.05) is 17.7 Å². The molecule has 0 fully saturated rings. The molecule has 1 N–H and O–H groups in total. The number of carbonyl (C=O) groups is 1. The number of fused-ring (bicyclic) bond motifs is 1. The Morgan fingerprint density at radius 3 is 2.38 bits per heavy atom. The highest BCUT2D eigenvalue weighted by Gasteiger charge is 2.19. The van der Waals surface area contributed by atoms with E-state index in [4.69, 9.17) is 16.3 Å². The number of benzene rings is 2. The van der Waals surface area contributed by atoms with E-state index in [2.05, 4.69) is 4.98 Å². The van der Waals surface area contributed by atoms with Crippen LogP contribution in [0.5, 0.6) is 5.75 Å². The SMILES string of the molecule is CC(C)(C)Oc1ccc(-n2c(=O)c(C(=O)O)nc3c(Cl)cccc32)cc1. The van der Waals surface area contributed by atoms with Crippen LogP contribution in [-0.2, 0) is 0 Å². The van der Waals surface area contributed by atoms with Gasteiger partial charge in [-0.3, -0.25) is 9.36 Å². The van der Waals surface area contributed by atoms with Gasteiger partial charge >= 0.3 is 5.97 Å². The van der Waals surface area contributed by atoms with Crippen molar-refractivity contribution in [2.45, 2.75) is 26.4 Å². The summed E-state index contributed by atoms with van der Waals surface area (Å²) in [7, 11) is 0. The molecule has 1 aromatic heterocycles. The van der Waals surface area contributed by atoms with Crippen LogP contribution in [0.25, 0.3) is 16.7 Å². The van der Waals surface area contributed by atoms with Crippen LogP contribution in [0.3, 0.4) is 0 Å². The molecule has 26 heavy (non-hydrogen) atoms. The lowest BCUT2D eigenvalue weighted by Gasteiger charge is -2.21. The number of hydrogen-bond donors (Lipinski definition) is 1. The second-order valence-electron chi connectivity index (χ2n) is 6.72. The van der Waals surface area contributed by atoms with Crippen molar-refractivity contribution >= 4 is 28.6 Å². The molecule has 0 radical (unpaired) electrons.